The lowest BCUT2D eigenvalue weighted by Crippen LogP contribution is -2.07. The van der Waals surface area contributed by atoms with Crippen molar-refractivity contribution in [1.82, 2.24) is 9.78 Å². The Hall–Kier alpha value is -1.81. The predicted octanol–water partition coefficient (Wildman–Crippen LogP) is 2.01. The van der Waals surface area contributed by atoms with Crippen LogP contribution in [0.3, 0.4) is 0 Å². The topological polar surface area (TPSA) is 47.3 Å². The number of aliphatic hydroxyl groups is 1. The Morgan fingerprint density at radius 2 is 2.11 bits per heavy atom. The lowest BCUT2D eigenvalue weighted by Gasteiger charge is -2.14. The Balaban J connectivity index is 2.21. The summed E-state index contributed by atoms with van der Waals surface area (Å²) in [5, 5.41) is 14.6. The molecule has 4 nitrogen and oxygen atoms in total. The van der Waals surface area contributed by atoms with Gasteiger partial charge in [0, 0.05) is 24.7 Å². The zero-order valence-corrected chi connectivity index (χ0v) is 10.9. The number of ether oxygens (including phenoxy) is 1. The molecule has 1 aromatic carbocycles. The van der Waals surface area contributed by atoms with Crippen LogP contribution in [-0.2, 0) is 13.5 Å². The van der Waals surface area contributed by atoms with Gasteiger partial charge in [0.1, 0.15) is 5.75 Å². The molecule has 0 amide bonds. The lowest BCUT2D eigenvalue weighted by molar-refractivity contribution is 0.171. The second-order valence-electron chi connectivity index (χ2n) is 4.36. The molecule has 0 bridgehead atoms. The molecule has 1 heterocycles. The molecule has 2 aromatic rings. The van der Waals surface area contributed by atoms with Gasteiger partial charge in [0.15, 0.2) is 0 Å². The standard InChI is InChI=1S/C14H18N2O2/c1-10-8-11(16(2)15-10)9-13(17)12-6-4-5-7-14(12)18-3/h4-8,13,17H,9H2,1-3H3. The van der Waals surface area contributed by atoms with E-state index in [1.165, 1.54) is 0 Å². The van der Waals surface area contributed by atoms with Gasteiger partial charge in [0.2, 0.25) is 0 Å². The Morgan fingerprint density at radius 1 is 1.39 bits per heavy atom. The molecule has 96 valence electrons. The van der Waals surface area contributed by atoms with E-state index in [-0.39, 0.29) is 0 Å². The van der Waals surface area contributed by atoms with E-state index in [9.17, 15) is 5.11 Å². The Kier molecular flexibility index (Phi) is 3.67. The van der Waals surface area contributed by atoms with Gasteiger partial charge in [0.25, 0.3) is 0 Å². The molecule has 2 rings (SSSR count). The average molecular weight is 246 g/mol. The molecule has 0 aliphatic rings. The van der Waals surface area contributed by atoms with E-state index in [1.54, 1.807) is 11.8 Å². The molecule has 0 aliphatic heterocycles. The minimum absolute atomic E-state index is 0.526. The monoisotopic (exact) mass is 246 g/mol. The van der Waals surface area contributed by atoms with Crippen molar-refractivity contribution >= 4 is 0 Å². The SMILES string of the molecule is COc1ccccc1C(O)Cc1cc(C)nn1C. The van der Waals surface area contributed by atoms with Crippen molar-refractivity contribution in [3.63, 3.8) is 0 Å². The van der Waals surface area contributed by atoms with Crippen LogP contribution >= 0.6 is 0 Å². The van der Waals surface area contributed by atoms with Crippen molar-refractivity contribution in [2.75, 3.05) is 7.11 Å². The molecule has 1 unspecified atom stereocenters. The molecule has 1 aromatic heterocycles. The minimum Gasteiger partial charge on any atom is -0.496 e. The normalized spacial score (nSPS) is 12.4. The van der Waals surface area contributed by atoms with Crippen LogP contribution in [0, 0.1) is 6.92 Å². The maximum atomic E-state index is 10.3. The summed E-state index contributed by atoms with van der Waals surface area (Å²) in [5.41, 5.74) is 2.77. The van der Waals surface area contributed by atoms with Crippen molar-refractivity contribution in [2.45, 2.75) is 19.4 Å². The fraction of sp³-hybridized carbons (Fsp3) is 0.357. The van der Waals surface area contributed by atoms with Crippen molar-refractivity contribution in [1.29, 1.82) is 0 Å². The fourth-order valence-electron chi connectivity index (χ4n) is 2.11. The maximum absolute atomic E-state index is 10.3. The summed E-state index contributed by atoms with van der Waals surface area (Å²) in [6.07, 6.45) is -0.0616. The van der Waals surface area contributed by atoms with Crippen LogP contribution in [0.15, 0.2) is 30.3 Å². The van der Waals surface area contributed by atoms with E-state index in [4.69, 9.17) is 4.74 Å². The molecular formula is C14H18N2O2. The molecule has 0 aliphatic carbocycles. The summed E-state index contributed by atoms with van der Waals surface area (Å²) in [6, 6.07) is 9.51. The zero-order chi connectivity index (χ0) is 13.1. The number of benzene rings is 1. The quantitative estimate of drug-likeness (QED) is 0.897. The van der Waals surface area contributed by atoms with Crippen molar-refractivity contribution < 1.29 is 9.84 Å². The Morgan fingerprint density at radius 3 is 2.72 bits per heavy atom. The van der Waals surface area contributed by atoms with Gasteiger partial charge in [-0.3, -0.25) is 4.68 Å². The highest BCUT2D eigenvalue weighted by atomic mass is 16.5. The van der Waals surface area contributed by atoms with Crippen molar-refractivity contribution in [3.05, 3.63) is 47.3 Å². The molecular weight excluding hydrogens is 228 g/mol. The summed E-state index contributed by atoms with van der Waals surface area (Å²) in [7, 11) is 3.50. The smallest absolute Gasteiger partial charge is 0.124 e. The summed E-state index contributed by atoms with van der Waals surface area (Å²) in [5.74, 6) is 0.712. The van der Waals surface area contributed by atoms with Gasteiger partial charge < -0.3 is 9.84 Å². The highest BCUT2D eigenvalue weighted by Crippen LogP contribution is 2.27. The highest BCUT2D eigenvalue weighted by molar-refractivity contribution is 5.35. The van der Waals surface area contributed by atoms with Gasteiger partial charge in [-0.2, -0.15) is 5.10 Å². The van der Waals surface area contributed by atoms with E-state index in [1.807, 2.05) is 44.3 Å². The van der Waals surface area contributed by atoms with Gasteiger partial charge in [-0.1, -0.05) is 18.2 Å². The van der Waals surface area contributed by atoms with Crippen LogP contribution < -0.4 is 4.74 Å². The maximum Gasteiger partial charge on any atom is 0.124 e. The zero-order valence-electron chi connectivity index (χ0n) is 10.9. The number of aromatic nitrogens is 2. The first-order chi connectivity index (χ1) is 8.61. The Bertz CT molecular complexity index is 534. The van der Waals surface area contributed by atoms with E-state index < -0.39 is 6.10 Å². The van der Waals surface area contributed by atoms with Crippen LogP contribution in [-0.4, -0.2) is 22.0 Å². The lowest BCUT2D eigenvalue weighted by atomic mass is 10.0. The first-order valence-corrected chi connectivity index (χ1v) is 5.92. The largest absolute Gasteiger partial charge is 0.496 e. The summed E-state index contributed by atoms with van der Waals surface area (Å²) in [6.45, 7) is 1.94. The first kappa shape index (κ1) is 12.6. The summed E-state index contributed by atoms with van der Waals surface area (Å²) in [4.78, 5) is 0. The molecule has 0 radical (unpaired) electrons. The van der Waals surface area contributed by atoms with Crippen LogP contribution in [0.2, 0.25) is 0 Å². The number of para-hydroxylation sites is 1. The molecule has 1 N–H and O–H groups in total. The number of aryl methyl sites for hydroxylation is 2. The van der Waals surface area contributed by atoms with E-state index >= 15 is 0 Å². The summed E-state index contributed by atoms with van der Waals surface area (Å²) < 4.78 is 7.06. The van der Waals surface area contributed by atoms with Crippen molar-refractivity contribution in [2.24, 2.45) is 7.05 Å². The highest BCUT2D eigenvalue weighted by Gasteiger charge is 2.15. The van der Waals surface area contributed by atoms with E-state index in [0.29, 0.717) is 12.2 Å². The first-order valence-electron chi connectivity index (χ1n) is 5.92. The van der Waals surface area contributed by atoms with Crippen LogP contribution in [0.25, 0.3) is 0 Å². The van der Waals surface area contributed by atoms with Gasteiger partial charge in [0.05, 0.1) is 18.9 Å². The van der Waals surface area contributed by atoms with Crippen LogP contribution in [0.1, 0.15) is 23.1 Å². The third kappa shape index (κ3) is 2.54. The molecule has 0 fully saturated rings. The van der Waals surface area contributed by atoms with Gasteiger partial charge >= 0.3 is 0 Å². The third-order valence-electron chi connectivity index (χ3n) is 3.00. The number of nitrogens with zero attached hydrogens (tertiary/aromatic N) is 2. The predicted molar refractivity (Wildman–Crippen MR) is 69.6 cm³/mol. The van der Waals surface area contributed by atoms with Crippen LogP contribution in [0.5, 0.6) is 5.75 Å². The number of aliphatic hydroxyl groups excluding tert-OH is 1. The van der Waals surface area contributed by atoms with Crippen molar-refractivity contribution in [3.8, 4) is 5.75 Å². The molecule has 0 saturated heterocycles. The Labute approximate surface area is 107 Å². The van der Waals surface area contributed by atoms with Gasteiger partial charge in [-0.25, -0.2) is 0 Å². The minimum atomic E-state index is -0.587. The number of hydrogen-bond donors (Lipinski definition) is 1. The second kappa shape index (κ2) is 5.23. The number of rotatable bonds is 4. The van der Waals surface area contributed by atoms with E-state index in [0.717, 1.165) is 17.0 Å². The second-order valence-corrected chi connectivity index (χ2v) is 4.36. The molecule has 0 spiro atoms. The number of methoxy groups -OCH3 is 1. The molecule has 0 saturated carbocycles. The van der Waals surface area contributed by atoms with E-state index in [2.05, 4.69) is 5.10 Å². The molecule has 1 atom stereocenters. The number of hydrogen-bond acceptors (Lipinski definition) is 3. The van der Waals surface area contributed by atoms with Gasteiger partial charge in [-0.05, 0) is 19.1 Å². The van der Waals surface area contributed by atoms with Gasteiger partial charge in [-0.15, -0.1) is 0 Å². The van der Waals surface area contributed by atoms with Crippen LogP contribution in [0.4, 0.5) is 0 Å². The molecule has 4 heteroatoms. The third-order valence-corrected chi connectivity index (χ3v) is 3.00. The summed E-state index contributed by atoms with van der Waals surface area (Å²) >= 11 is 0. The molecule has 18 heavy (non-hydrogen) atoms. The fourth-order valence-corrected chi connectivity index (χ4v) is 2.11. The average Bonchev–Trinajstić information content (AvgIpc) is 2.67.